The van der Waals surface area contributed by atoms with Gasteiger partial charge in [0.15, 0.2) is 5.58 Å². The highest BCUT2D eigenvalue weighted by molar-refractivity contribution is 7.99. The molecule has 0 atom stereocenters. The van der Waals surface area contributed by atoms with Crippen LogP contribution in [0.15, 0.2) is 33.9 Å². The van der Waals surface area contributed by atoms with Crippen LogP contribution in [0.3, 0.4) is 0 Å². The third-order valence-electron chi connectivity index (χ3n) is 2.67. The molecule has 0 saturated heterocycles. The first-order chi connectivity index (χ1) is 10.2. The number of fused-ring (bicyclic) bond motifs is 1. The number of para-hydroxylation sites is 2. The lowest BCUT2D eigenvalue weighted by Crippen LogP contribution is -2.40. The van der Waals surface area contributed by atoms with Gasteiger partial charge in [-0.2, -0.15) is 0 Å². The summed E-state index contributed by atoms with van der Waals surface area (Å²) >= 11 is 1.15. The van der Waals surface area contributed by atoms with E-state index in [2.05, 4.69) is 15.6 Å². The van der Waals surface area contributed by atoms with Gasteiger partial charge in [-0.3, -0.25) is 10.1 Å². The fourth-order valence-electron chi connectivity index (χ4n) is 1.63. The predicted octanol–water partition coefficient (Wildman–Crippen LogP) is 2.55. The number of nitrogens with one attached hydrogen (secondary N) is 2. The number of carbonyl (C=O) groups is 2. The normalized spacial score (nSPS) is 10.5. The van der Waals surface area contributed by atoms with Crippen molar-refractivity contribution in [1.82, 2.24) is 15.6 Å². The van der Waals surface area contributed by atoms with Crippen LogP contribution in [0.4, 0.5) is 4.79 Å². The molecule has 2 N–H and O–H groups in total. The van der Waals surface area contributed by atoms with Gasteiger partial charge in [-0.15, -0.1) is 0 Å². The first-order valence-electron chi connectivity index (χ1n) is 6.75. The summed E-state index contributed by atoms with van der Waals surface area (Å²) in [5.41, 5.74) is 1.43. The maximum Gasteiger partial charge on any atom is 0.321 e. The molecule has 0 spiro atoms. The molecule has 0 unspecified atom stereocenters. The molecule has 0 bridgehead atoms. The Bertz CT molecular complexity index is 594. The third kappa shape index (κ3) is 4.78. The smallest absolute Gasteiger partial charge is 0.321 e. The summed E-state index contributed by atoms with van der Waals surface area (Å²) in [6.45, 7) is 2.59. The van der Waals surface area contributed by atoms with Gasteiger partial charge in [0.2, 0.25) is 5.91 Å². The summed E-state index contributed by atoms with van der Waals surface area (Å²) in [7, 11) is 0. The van der Waals surface area contributed by atoms with E-state index in [1.54, 1.807) is 0 Å². The van der Waals surface area contributed by atoms with Crippen molar-refractivity contribution >= 4 is 34.8 Å². The minimum atomic E-state index is -0.466. The second kappa shape index (κ2) is 7.68. The number of imide groups is 1. The van der Waals surface area contributed by atoms with Crippen LogP contribution >= 0.6 is 11.8 Å². The quantitative estimate of drug-likeness (QED) is 0.633. The SMILES string of the molecule is CCCCNC(=O)NC(=O)CSc1nc2ccccc2o1. The van der Waals surface area contributed by atoms with Crippen LogP contribution in [0.2, 0.25) is 0 Å². The number of hydrogen-bond acceptors (Lipinski definition) is 5. The lowest BCUT2D eigenvalue weighted by atomic mass is 10.3. The number of rotatable bonds is 6. The van der Waals surface area contributed by atoms with E-state index in [0.29, 0.717) is 17.4 Å². The number of thioether (sulfide) groups is 1. The largest absolute Gasteiger partial charge is 0.431 e. The average Bonchev–Trinajstić information content (AvgIpc) is 2.88. The maximum absolute atomic E-state index is 11.6. The van der Waals surface area contributed by atoms with Crippen molar-refractivity contribution in [2.24, 2.45) is 0 Å². The van der Waals surface area contributed by atoms with Crippen molar-refractivity contribution in [1.29, 1.82) is 0 Å². The molecule has 0 aliphatic carbocycles. The van der Waals surface area contributed by atoms with Crippen LogP contribution < -0.4 is 10.6 Å². The van der Waals surface area contributed by atoms with Crippen molar-refractivity contribution in [3.8, 4) is 0 Å². The fourth-order valence-corrected chi connectivity index (χ4v) is 2.26. The maximum atomic E-state index is 11.6. The Hall–Kier alpha value is -2.02. The zero-order chi connectivity index (χ0) is 15.1. The number of amides is 3. The van der Waals surface area contributed by atoms with Crippen LogP contribution in [0.5, 0.6) is 0 Å². The highest BCUT2D eigenvalue weighted by Gasteiger charge is 2.11. The molecule has 1 aromatic heterocycles. The summed E-state index contributed by atoms with van der Waals surface area (Å²) in [5.74, 6) is -0.301. The average molecular weight is 307 g/mol. The van der Waals surface area contributed by atoms with Crippen molar-refractivity contribution in [2.45, 2.75) is 25.0 Å². The Morgan fingerprint density at radius 3 is 2.90 bits per heavy atom. The van der Waals surface area contributed by atoms with Crippen LogP contribution in [0.25, 0.3) is 11.1 Å². The van der Waals surface area contributed by atoms with Crippen molar-refractivity contribution < 1.29 is 14.0 Å². The molecular weight excluding hydrogens is 290 g/mol. The second-order valence-corrected chi connectivity index (χ2v) is 5.32. The van der Waals surface area contributed by atoms with Gasteiger partial charge >= 0.3 is 6.03 Å². The van der Waals surface area contributed by atoms with Crippen molar-refractivity contribution in [2.75, 3.05) is 12.3 Å². The number of benzene rings is 1. The Kier molecular flexibility index (Phi) is 5.62. The summed E-state index contributed by atoms with van der Waals surface area (Å²) in [5, 5.41) is 5.29. The van der Waals surface area contributed by atoms with Gasteiger partial charge in [0.05, 0.1) is 5.75 Å². The summed E-state index contributed by atoms with van der Waals surface area (Å²) in [4.78, 5) is 27.2. The molecule has 3 amide bonds. The molecule has 6 nitrogen and oxygen atoms in total. The molecule has 0 saturated carbocycles. The molecular formula is C14H17N3O3S. The second-order valence-electron chi connectivity index (χ2n) is 4.39. The highest BCUT2D eigenvalue weighted by Crippen LogP contribution is 2.22. The van der Waals surface area contributed by atoms with E-state index < -0.39 is 6.03 Å². The molecule has 2 aromatic rings. The molecule has 2 rings (SSSR count). The minimum Gasteiger partial charge on any atom is -0.431 e. The fraction of sp³-hybridized carbons (Fsp3) is 0.357. The Morgan fingerprint density at radius 2 is 2.14 bits per heavy atom. The van der Waals surface area contributed by atoms with Gasteiger partial charge in [0, 0.05) is 6.54 Å². The molecule has 0 aliphatic heterocycles. The van der Waals surface area contributed by atoms with E-state index in [1.165, 1.54) is 0 Å². The first kappa shape index (κ1) is 15.4. The van der Waals surface area contributed by atoms with E-state index in [9.17, 15) is 9.59 Å². The van der Waals surface area contributed by atoms with E-state index >= 15 is 0 Å². The van der Waals surface area contributed by atoms with Crippen LogP contribution in [-0.4, -0.2) is 29.2 Å². The Balaban J connectivity index is 1.77. The molecule has 1 aromatic carbocycles. The van der Waals surface area contributed by atoms with Gasteiger partial charge in [0.25, 0.3) is 5.22 Å². The van der Waals surface area contributed by atoms with Gasteiger partial charge in [0.1, 0.15) is 5.52 Å². The monoisotopic (exact) mass is 307 g/mol. The number of carbonyl (C=O) groups excluding carboxylic acids is 2. The highest BCUT2D eigenvalue weighted by atomic mass is 32.2. The van der Waals surface area contributed by atoms with E-state index in [1.807, 2.05) is 31.2 Å². The molecule has 0 aliphatic rings. The minimum absolute atomic E-state index is 0.0774. The van der Waals surface area contributed by atoms with Gasteiger partial charge in [-0.25, -0.2) is 9.78 Å². The molecule has 7 heteroatoms. The topological polar surface area (TPSA) is 84.2 Å². The van der Waals surface area contributed by atoms with Gasteiger partial charge < -0.3 is 9.73 Å². The van der Waals surface area contributed by atoms with Crippen LogP contribution in [-0.2, 0) is 4.79 Å². The number of unbranched alkanes of at least 4 members (excludes halogenated alkanes) is 1. The summed E-state index contributed by atoms with van der Waals surface area (Å²) in [6, 6.07) is 6.91. The van der Waals surface area contributed by atoms with E-state index in [-0.39, 0.29) is 11.7 Å². The van der Waals surface area contributed by atoms with Gasteiger partial charge in [-0.1, -0.05) is 37.2 Å². The van der Waals surface area contributed by atoms with Gasteiger partial charge in [-0.05, 0) is 18.6 Å². The standard InChI is InChI=1S/C14H17N3O3S/c1-2-3-8-15-13(19)17-12(18)9-21-14-16-10-6-4-5-7-11(10)20-14/h4-7H,2-3,8-9H2,1H3,(H2,15,17,18,19). The number of oxazole rings is 1. The molecule has 112 valence electrons. The number of aromatic nitrogens is 1. The Labute approximate surface area is 126 Å². The predicted molar refractivity (Wildman–Crippen MR) is 81.2 cm³/mol. The van der Waals surface area contributed by atoms with Crippen molar-refractivity contribution in [3.05, 3.63) is 24.3 Å². The summed E-state index contributed by atoms with van der Waals surface area (Å²) in [6.07, 6.45) is 1.88. The number of urea groups is 1. The zero-order valence-corrected chi connectivity index (χ0v) is 12.5. The lowest BCUT2D eigenvalue weighted by molar-refractivity contribution is -0.117. The third-order valence-corrected chi connectivity index (χ3v) is 3.50. The molecule has 0 radical (unpaired) electrons. The molecule has 1 heterocycles. The van der Waals surface area contributed by atoms with Crippen molar-refractivity contribution in [3.63, 3.8) is 0 Å². The van der Waals surface area contributed by atoms with Crippen LogP contribution in [0, 0.1) is 0 Å². The zero-order valence-electron chi connectivity index (χ0n) is 11.7. The number of hydrogen-bond donors (Lipinski definition) is 2. The first-order valence-corrected chi connectivity index (χ1v) is 7.73. The van der Waals surface area contributed by atoms with E-state index in [0.717, 1.165) is 30.1 Å². The number of nitrogens with zero attached hydrogens (tertiary/aromatic N) is 1. The lowest BCUT2D eigenvalue weighted by Gasteiger charge is -2.04. The molecule has 0 fully saturated rings. The molecule has 21 heavy (non-hydrogen) atoms. The van der Waals surface area contributed by atoms with E-state index in [4.69, 9.17) is 4.42 Å². The Morgan fingerprint density at radius 1 is 1.33 bits per heavy atom. The van der Waals surface area contributed by atoms with Crippen LogP contribution in [0.1, 0.15) is 19.8 Å². The summed E-state index contributed by atoms with van der Waals surface area (Å²) < 4.78 is 5.47.